The minimum absolute atomic E-state index is 0.0219. The SMILES string of the molecule is c1ccc2c(c1)Oc1cc3c(c4c1B2c1ccccc1N4c1ccncc1)Oc1ccccc1N3c1cccc2ccccc12. The molecule has 210 valence electrons. The summed E-state index contributed by atoms with van der Waals surface area (Å²) in [6, 6.07) is 46.6. The van der Waals surface area contributed by atoms with Crippen molar-refractivity contribution in [2.24, 2.45) is 0 Å². The summed E-state index contributed by atoms with van der Waals surface area (Å²) in [7, 11) is 0. The summed E-state index contributed by atoms with van der Waals surface area (Å²) in [6.07, 6.45) is 3.69. The van der Waals surface area contributed by atoms with E-state index < -0.39 is 0 Å². The molecule has 0 spiro atoms. The Hall–Kier alpha value is -6.01. The van der Waals surface area contributed by atoms with Crippen LogP contribution in [0.2, 0.25) is 0 Å². The van der Waals surface area contributed by atoms with Crippen molar-refractivity contribution in [1.29, 1.82) is 0 Å². The number of rotatable bonds is 2. The van der Waals surface area contributed by atoms with E-state index in [4.69, 9.17) is 9.47 Å². The quantitative estimate of drug-likeness (QED) is 0.194. The highest BCUT2D eigenvalue weighted by Gasteiger charge is 2.45. The van der Waals surface area contributed by atoms with Crippen LogP contribution in [-0.4, -0.2) is 11.7 Å². The molecule has 10 rings (SSSR count). The van der Waals surface area contributed by atoms with Crippen molar-refractivity contribution in [3.63, 3.8) is 0 Å². The van der Waals surface area contributed by atoms with Crippen molar-refractivity contribution in [2.75, 3.05) is 9.80 Å². The van der Waals surface area contributed by atoms with E-state index in [1.807, 2.05) is 24.5 Å². The minimum atomic E-state index is -0.0219. The lowest BCUT2D eigenvalue weighted by Gasteiger charge is -2.43. The number of nitrogens with zero attached hydrogens (tertiary/aromatic N) is 3. The predicted octanol–water partition coefficient (Wildman–Crippen LogP) is 8.22. The van der Waals surface area contributed by atoms with E-state index in [1.54, 1.807) is 0 Å². The molecule has 0 aliphatic carbocycles. The van der Waals surface area contributed by atoms with E-state index in [0.717, 1.165) is 73.4 Å². The molecule has 6 heteroatoms. The summed E-state index contributed by atoms with van der Waals surface area (Å²) in [5.41, 5.74) is 9.55. The molecule has 45 heavy (non-hydrogen) atoms. The Labute approximate surface area is 260 Å². The van der Waals surface area contributed by atoms with E-state index in [9.17, 15) is 0 Å². The van der Waals surface area contributed by atoms with Gasteiger partial charge in [0.2, 0.25) is 0 Å². The summed E-state index contributed by atoms with van der Waals surface area (Å²) in [6.45, 7) is -0.0219. The lowest BCUT2D eigenvalue weighted by molar-refractivity contribution is 0.469. The molecule has 0 bridgehead atoms. The zero-order chi connectivity index (χ0) is 29.5. The van der Waals surface area contributed by atoms with Crippen LogP contribution in [0.3, 0.4) is 0 Å². The van der Waals surface area contributed by atoms with Crippen molar-refractivity contribution in [3.8, 4) is 23.0 Å². The van der Waals surface area contributed by atoms with Crippen molar-refractivity contribution in [1.82, 2.24) is 4.98 Å². The largest absolute Gasteiger partial charge is 0.458 e. The average molecular weight is 577 g/mol. The number of benzene rings is 6. The van der Waals surface area contributed by atoms with Crippen LogP contribution in [0.5, 0.6) is 23.0 Å². The van der Waals surface area contributed by atoms with Crippen molar-refractivity contribution < 1.29 is 9.47 Å². The monoisotopic (exact) mass is 577 g/mol. The first-order valence-electron chi connectivity index (χ1n) is 15.2. The van der Waals surface area contributed by atoms with Gasteiger partial charge in [0.15, 0.2) is 11.5 Å². The highest BCUT2D eigenvalue weighted by atomic mass is 16.5. The first-order chi connectivity index (χ1) is 22.3. The summed E-state index contributed by atoms with van der Waals surface area (Å²) in [5, 5.41) is 2.34. The molecule has 3 aliphatic rings. The zero-order valence-electron chi connectivity index (χ0n) is 24.1. The van der Waals surface area contributed by atoms with Crippen LogP contribution in [0.25, 0.3) is 10.8 Å². The van der Waals surface area contributed by atoms with Gasteiger partial charge in [-0.3, -0.25) is 4.98 Å². The van der Waals surface area contributed by atoms with Gasteiger partial charge < -0.3 is 19.3 Å². The Morgan fingerprint density at radius 2 is 1.20 bits per heavy atom. The summed E-state index contributed by atoms with van der Waals surface area (Å²) >= 11 is 0. The van der Waals surface area contributed by atoms with E-state index in [-0.39, 0.29) is 6.71 Å². The van der Waals surface area contributed by atoms with Gasteiger partial charge in [-0.15, -0.1) is 0 Å². The number of para-hydroxylation sites is 4. The molecular weight excluding hydrogens is 553 g/mol. The second-order valence-electron chi connectivity index (χ2n) is 11.6. The number of ether oxygens (including phenoxy) is 2. The molecule has 0 saturated carbocycles. The van der Waals surface area contributed by atoms with Gasteiger partial charge in [-0.2, -0.15) is 0 Å². The second-order valence-corrected chi connectivity index (χ2v) is 11.6. The maximum atomic E-state index is 7.01. The molecule has 0 radical (unpaired) electrons. The van der Waals surface area contributed by atoms with E-state index in [1.165, 1.54) is 10.8 Å². The maximum Gasteiger partial charge on any atom is 0.256 e. The first-order valence-corrected chi connectivity index (χ1v) is 15.2. The van der Waals surface area contributed by atoms with Crippen LogP contribution >= 0.6 is 0 Å². The van der Waals surface area contributed by atoms with Crippen LogP contribution in [0.15, 0.2) is 146 Å². The van der Waals surface area contributed by atoms with Crippen LogP contribution in [0.4, 0.5) is 34.1 Å². The number of hydrogen-bond donors (Lipinski definition) is 0. The number of pyridine rings is 1. The molecule has 0 unspecified atom stereocenters. The molecule has 0 N–H and O–H groups in total. The Morgan fingerprint density at radius 3 is 2.09 bits per heavy atom. The molecule has 5 nitrogen and oxygen atoms in total. The summed E-state index contributed by atoms with van der Waals surface area (Å²) < 4.78 is 13.8. The third-order valence-corrected chi connectivity index (χ3v) is 9.17. The fourth-order valence-electron chi connectivity index (χ4n) is 7.34. The summed E-state index contributed by atoms with van der Waals surface area (Å²) in [5.74, 6) is 3.30. The van der Waals surface area contributed by atoms with Gasteiger partial charge in [0, 0.05) is 40.7 Å². The Balaban J connectivity index is 1.34. The predicted molar refractivity (Wildman–Crippen MR) is 182 cm³/mol. The fraction of sp³-hybridized carbons (Fsp3) is 0. The first kappa shape index (κ1) is 24.4. The summed E-state index contributed by atoms with van der Waals surface area (Å²) in [4.78, 5) is 9.00. The van der Waals surface area contributed by atoms with Gasteiger partial charge in [-0.1, -0.05) is 84.9 Å². The highest BCUT2D eigenvalue weighted by molar-refractivity contribution is 6.99. The number of hydrogen-bond acceptors (Lipinski definition) is 5. The molecule has 3 aliphatic heterocycles. The van der Waals surface area contributed by atoms with E-state index in [0.29, 0.717) is 0 Å². The molecular formula is C39H24BN3O2. The van der Waals surface area contributed by atoms with Crippen LogP contribution in [-0.2, 0) is 0 Å². The van der Waals surface area contributed by atoms with Crippen LogP contribution < -0.4 is 35.7 Å². The highest BCUT2D eigenvalue weighted by Crippen LogP contribution is 2.58. The van der Waals surface area contributed by atoms with Gasteiger partial charge in [0.1, 0.15) is 11.5 Å². The van der Waals surface area contributed by atoms with Gasteiger partial charge in [-0.25, -0.2) is 0 Å². The third-order valence-electron chi connectivity index (χ3n) is 9.17. The van der Waals surface area contributed by atoms with Crippen LogP contribution in [0.1, 0.15) is 0 Å². The standard InChI is InChI=1S/C39H24BN3O2/c1-2-12-27-25(10-1)11-9-17-30(27)43-32-16-6-8-19-35(32)45-39-33(43)24-36-37-38(39)42(26-20-22-41-23-21-26)31-15-5-3-13-28(31)40(37)29-14-4-7-18-34(29)44-36/h1-24H. The molecule has 0 fully saturated rings. The van der Waals surface area contributed by atoms with E-state index in [2.05, 4.69) is 136 Å². The molecule has 0 amide bonds. The molecule has 0 saturated heterocycles. The van der Waals surface area contributed by atoms with Crippen molar-refractivity contribution in [2.45, 2.75) is 0 Å². The molecule has 0 atom stereocenters. The number of aromatic nitrogens is 1. The van der Waals surface area contributed by atoms with E-state index >= 15 is 0 Å². The van der Waals surface area contributed by atoms with Gasteiger partial charge in [0.25, 0.3) is 6.71 Å². The number of anilines is 6. The second kappa shape index (κ2) is 9.25. The molecule has 4 heterocycles. The molecule has 6 aromatic carbocycles. The van der Waals surface area contributed by atoms with Crippen molar-refractivity contribution >= 4 is 68.0 Å². The van der Waals surface area contributed by atoms with Gasteiger partial charge >= 0.3 is 0 Å². The lowest BCUT2D eigenvalue weighted by Crippen LogP contribution is -2.59. The topological polar surface area (TPSA) is 37.8 Å². The minimum Gasteiger partial charge on any atom is -0.458 e. The molecule has 7 aromatic rings. The maximum absolute atomic E-state index is 7.01. The third kappa shape index (κ3) is 3.42. The zero-order valence-corrected chi connectivity index (χ0v) is 24.1. The Kier molecular flexibility index (Phi) is 5.02. The smallest absolute Gasteiger partial charge is 0.256 e. The Bertz CT molecular complexity index is 2320. The number of fused-ring (bicyclic) bond motifs is 8. The molecule has 1 aromatic heterocycles. The fourth-order valence-corrected chi connectivity index (χ4v) is 7.34. The van der Waals surface area contributed by atoms with Crippen molar-refractivity contribution in [3.05, 3.63) is 146 Å². The average Bonchev–Trinajstić information content (AvgIpc) is 3.10. The van der Waals surface area contributed by atoms with Gasteiger partial charge in [0.05, 0.1) is 22.7 Å². The lowest BCUT2D eigenvalue weighted by atomic mass is 9.34. The van der Waals surface area contributed by atoms with Gasteiger partial charge in [-0.05, 0) is 58.8 Å². The van der Waals surface area contributed by atoms with Crippen LogP contribution in [0, 0.1) is 0 Å². The Morgan fingerprint density at radius 1 is 0.511 bits per heavy atom. The normalized spacial score (nSPS) is 13.6.